The van der Waals surface area contributed by atoms with Gasteiger partial charge in [-0.1, -0.05) is 36.4 Å². The van der Waals surface area contributed by atoms with Crippen LogP contribution in [0.3, 0.4) is 0 Å². The van der Waals surface area contributed by atoms with E-state index in [4.69, 9.17) is 10.00 Å². The predicted molar refractivity (Wildman–Crippen MR) is 91.9 cm³/mol. The van der Waals surface area contributed by atoms with Gasteiger partial charge in [-0.2, -0.15) is 5.26 Å². The number of hydrogen-bond acceptors (Lipinski definition) is 4. The lowest BCUT2D eigenvalue weighted by molar-refractivity contribution is -0.153. The Morgan fingerprint density at radius 3 is 2.71 bits per heavy atom. The molecule has 24 heavy (non-hydrogen) atoms. The lowest BCUT2D eigenvalue weighted by atomic mass is 10.0. The number of aryl methyl sites for hydroxylation is 1. The highest BCUT2D eigenvalue weighted by Crippen LogP contribution is 2.13. The number of nitrogens with zero attached hydrogens (tertiary/aromatic N) is 2. The van der Waals surface area contributed by atoms with Gasteiger partial charge in [0.1, 0.15) is 12.1 Å². The van der Waals surface area contributed by atoms with Crippen LogP contribution in [0.5, 0.6) is 0 Å². The topological polar surface area (TPSA) is 70.4 Å². The molecule has 5 heteroatoms. The number of carbonyl (C=O) groups excluding carboxylic acids is 2. The molecule has 0 bridgehead atoms. The lowest BCUT2D eigenvalue weighted by Gasteiger charge is -2.26. The second-order valence-corrected chi connectivity index (χ2v) is 5.49. The van der Waals surface area contributed by atoms with Gasteiger partial charge in [-0.05, 0) is 31.2 Å². The molecule has 5 nitrogen and oxygen atoms in total. The molecule has 0 aliphatic rings. The van der Waals surface area contributed by atoms with E-state index in [2.05, 4.69) is 6.58 Å². The second-order valence-electron chi connectivity index (χ2n) is 5.49. The molecule has 1 aromatic carbocycles. The summed E-state index contributed by atoms with van der Waals surface area (Å²) in [5.74, 6) is -0.660. The van der Waals surface area contributed by atoms with E-state index < -0.39 is 12.0 Å². The van der Waals surface area contributed by atoms with E-state index in [-0.39, 0.29) is 12.5 Å². The fourth-order valence-electron chi connectivity index (χ4n) is 2.39. The third-order valence-corrected chi connectivity index (χ3v) is 3.76. The number of allylic oxidation sites excluding steroid dienone is 1. The van der Waals surface area contributed by atoms with E-state index in [9.17, 15) is 9.59 Å². The van der Waals surface area contributed by atoms with Crippen LogP contribution in [-0.2, 0) is 20.7 Å². The fraction of sp³-hybridized carbons (Fsp3) is 0.421. The number of likely N-dealkylation sites (N-methyl/N-ethyl adjacent to an activating group) is 1. The largest absolute Gasteiger partial charge is 0.449 e. The first kappa shape index (κ1) is 19.4. The van der Waals surface area contributed by atoms with Crippen molar-refractivity contribution in [1.82, 2.24) is 4.90 Å². The number of benzene rings is 1. The van der Waals surface area contributed by atoms with Crippen LogP contribution in [0.2, 0.25) is 0 Å². The molecule has 0 unspecified atom stereocenters. The van der Waals surface area contributed by atoms with Crippen molar-refractivity contribution in [3.05, 3.63) is 48.6 Å². The van der Waals surface area contributed by atoms with Crippen molar-refractivity contribution in [2.24, 2.45) is 0 Å². The molecule has 0 heterocycles. The zero-order valence-corrected chi connectivity index (χ0v) is 14.1. The standard InChI is InChI=1S/C19H24N2O3/c1-3-4-13-18(22)21(2)17(19(23)24-15-14-20)12-8-11-16-9-6-5-7-10-16/h3,5-7,9-10,17H,1,4,8,11-13,15H2,2H3/t17-/m0/s1. The second kappa shape index (κ2) is 11.0. The average Bonchev–Trinajstić information content (AvgIpc) is 2.61. The van der Waals surface area contributed by atoms with Crippen molar-refractivity contribution in [3.8, 4) is 6.07 Å². The third kappa shape index (κ3) is 6.66. The maximum absolute atomic E-state index is 12.2. The van der Waals surface area contributed by atoms with Gasteiger partial charge in [0.15, 0.2) is 6.61 Å². The quantitative estimate of drug-likeness (QED) is 0.489. The molecule has 1 atom stereocenters. The summed E-state index contributed by atoms with van der Waals surface area (Å²) in [5.41, 5.74) is 1.18. The minimum atomic E-state index is -0.667. The zero-order chi connectivity index (χ0) is 17.8. The van der Waals surface area contributed by atoms with E-state index in [0.29, 0.717) is 19.3 Å². The molecule has 0 aliphatic heterocycles. The Hall–Kier alpha value is -2.61. The normalized spacial score (nSPS) is 11.2. The molecular weight excluding hydrogens is 304 g/mol. The molecular formula is C19H24N2O3. The van der Waals surface area contributed by atoms with Gasteiger partial charge >= 0.3 is 5.97 Å². The Balaban J connectivity index is 2.66. The molecule has 0 aromatic heterocycles. The number of hydrogen-bond donors (Lipinski definition) is 0. The minimum absolute atomic E-state index is 0.131. The zero-order valence-electron chi connectivity index (χ0n) is 14.1. The summed E-state index contributed by atoms with van der Waals surface area (Å²) in [5, 5.41) is 8.57. The third-order valence-electron chi connectivity index (χ3n) is 3.76. The van der Waals surface area contributed by atoms with Crippen molar-refractivity contribution in [2.75, 3.05) is 13.7 Å². The number of ether oxygens (including phenoxy) is 1. The molecule has 1 aromatic rings. The molecule has 1 amide bonds. The van der Waals surface area contributed by atoms with Crippen molar-refractivity contribution in [2.45, 2.75) is 38.1 Å². The van der Waals surface area contributed by atoms with Gasteiger partial charge < -0.3 is 9.64 Å². The summed E-state index contributed by atoms with van der Waals surface area (Å²) in [6.45, 7) is 3.29. The van der Waals surface area contributed by atoms with Gasteiger partial charge in [0.05, 0.1) is 0 Å². The highest BCUT2D eigenvalue weighted by molar-refractivity contribution is 5.84. The van der Waals surface area contributed by atoms with Crippen LogP contribution >= 0.6 is 0 Å². The summed E-state index contributed by atoms with van der Waals surface area (Å²) in [6, 6.07) is 11.1. The predicted octanol–water partition coefficient (Wildman–Crippen LogP) is 2.87. The summed E-state index contributed by atoms with van der Waals surface area (Å²) in [4.78, 5) is 25.8. The molecule has 128 valence electrons. The summed E-state index contributed by atoms with van der Waals surface area (Å²) < 4.78 is 4.92. The summed E-state index contributed by atoms with van der Waals surface area (Å²) >= 11 is 0. The molecule has 0 fully saturated rings. The number of carbonyl (C=O) groups is 2. The molecule has 0 saturated heterocycles. The first-order valence-electron chi connectivity index (χ1n) is 8.04. The molecule has 0 radical (unpaired) electrons. The van der Waals surface area contributed by atoms with Crippen LogP contribution in [0.1, 0.15) is 31.2 Å². The van der Waals surface area contributed by atoms with Gasteiger partial charge in [0, 0.05) is 13.5 Å². The Bertz CT molecular complexity index is 578. The van der Waals surface area contributed by atoms with Crippen LogP contribution < -0.4 is 0 Å². The SMILES string of the molecule is C=CCCC(=O)N(C)[C@@H](CCCc1ccccc1)C(=O)OCC#N. The van der Waals surface area contributed by atoms with Crippen LogP contribution in [-0.4, -0.2) is 36.5 Å². The number of esters is 1. The van der Waals surface area contributed by atoms with Crippen molar-refractivity contribution in [3.63, 3.8) is 0 Å². The van der Waals surface area contributed by atoms with Gasteiger partial charge in [0.2, 0.25) is 5.91 Å². The summed E-state index contributed by atoms with van der Waals surface area (Å²) in [7, 11) is 1.60. The van der Waals surface area contributed by atoms with Crippen molar-refractivity contribution < 1.29 is 14.3 Å². The smallest absolute Gasteiger partial charge is 0.329 e. The number of nitriles is 1. The van der Waals surface area contributed by atoms with Gasteiger partial charge in [-0.25, -0.2) is 4.79 Å². The highest BCUT2D eigenvalue weighted by atomic mass is 16.5. The fourth-order valence-corrected chi connectivity index (χ4v) is 2.39. The van der Waals surface area contributed by atoms with Gasteiger partial charge in [0.25, 0.3) is 0 Å². The number of amides is 1. The van der Waals surface area contributed by atoms with Gasteiger partial charge in [-0.3, -0.25) is 4.79 Å². The maximum Gasteiger partial charge on any atom is 0.329 e. The molecule has 0 spiro atoms. The molecule has 0 N–H and O–H groups in total. The van der Waals surface area contributed by atoms with E-state index in [1.165, 1.54) is 10.5 Å². The van der Waals surface area contributed by atoms with E-state index >= 15 is 0 Å². The highest BCUT2D eigenvalue weighted by Gasteiger charge is 2.27. The van der Waals surface area contributed by atoms with Crippen LogP contribution in [0.25, 0.3) is 0 Å². The molecule has 0 saturated carbocycles. The number of rotatable bonds is 10. The monoisotopic (exact) mass is 328 g/mol. The molecule has 0 aliphatic carbocycles. The van der Waals surface area contributed by atoms with E-state index in [0.717, 1.165) is 12.8 Å². The Labute approximate surface area is 143 Å². The Morgan fingerprint density at radius 1 is 1.38 bits per heavy atom. The lowest BCUT2D eigenvalue weighted by Crippen LogP contribution is -2.43. The summed E-state index contributed by atoms with van der Waals surface area (Å²) in [6.07, 6.45) is 4.60. The minimum Gasteiger partial charge on any atom is -0.449 e. The Kier molecular flexibility index (Phi) is 8.91. The van der Waals surface area contributed by atoms with Crippen LogP contribution in [0.15, 0.2) is 43.0 Å². The first-order valence-corrected chi connectivity index (χ1v) is 8.04. The average molecular weight is 328 g/mol. The first-order chi connectivity index (χ1) is 11.6. The van der Waals surface area contributed by atoms with Crippen LogP contribution in [0.4, 0.5) is 0 Å². The maximum atomic E-state index is 12.2. The molecule has 1 rings (SSSR count). The van der Waals surface area contributed by atoms with E-state index in [1.807, 2.05) is 30.3 Å². The Morgan fingerprint density at radius 2 is 2.08 bits per heavy atom. The van der Waals surface area contributed by atoms with Crippen LogP contribution in [0, 0.1) is 11.3 Å². The van der Waals surface area contributed by atoms with Crippen molar-refractivity contribution in [1.29, 1.82) is 5.26 Å². The van der Waals surface area contributed by atoms with Crippen molar-refractivity contribution >= 4 is 11.9 Å². The van der Waals surface area contributed by atoms with Gasteiger partial charge in [-0.15, -0.1) is 6.58 Å². The van der Waals surface area contributed by atoms with E-state index in [1.54, 1.807) is 19.2 Å².